The van der Waals surface area contributed by atoms with Gasteiger partial charge in [0.2, 0.25) is 10.0 Å². The van der Waals surface area contributed by atoms with Crippen molar-refractivity contribution in [3.63, 3.8) is 0 Å². The maximum atomic E-state index is 13.5. The average Bonchev–Trinajstić information content (AvgIpc) is 2.96. The normalized spacial score (nSPS) is 14.5. The predicted molar refractivity (Wildman–Crippen MR) is 147 cm³/mol. The van der Waals surface area contributed by atoms with Crippen molar-refractivity contribution in [2.24, 2.45) is 0 Å². The van der Waals surface area contributed by atoms with E-state index in [9.17, 15) is 13.2 Å². The highest BCUT2D eigenvalue weighted by Crippen LogP contribution is 2.38. The third-order valence-electron chi connectivity index (χ3n) is 6.75. The van der Waals surface area contributed by atoms with Crippen LogP contribution in [0.4, 0.5) is 0 Å². The minimum atomic E-state index is -3.94. The van der Waals surface area contributed by atoms with Crippen LogP contribution in [0.25, 0.3) is 11.1 Å². The lowest BCUT2D eigenvalue weighted by Crippen LogP contribution is -2.42. The molecule has 39 heavy (non-hydrogen) atoms. The molecule has 0 unspecified atom stereocenters. The molecule has 0 aromatic heterocycles. The Hall–Kier alpha value is -3.76. The second kappa shape index (κ2) is 12.0. The van der Waals surface area contributed by atoms with Gasteiger partial charge in [0.1, 0.15) is 11.9 Å². The van der Waals surface area contributed by atoms with Gasteiger partial charge >= 0.3 is 0 Å². The number of Topliss-reactive ketones (excluding diaryl/α,β-unsaturated/α-hetero) is 1. The van der Waals surface area contributed by atoms with Crippen molar-refractivity contribution in [2.75, 3.05) is 41.5 Å². The highest BCUT2D eigenvalue weighted by Gasteiger charge is 2.34. The van der Waals surface area contributed by atoms with E-state index >= 15 is 0 Å². The van der Waals surface area contributed by atoms with E-state index in [-0.39, 0.29) is 35.4 Å². The minimum Gasteiger partial charge on any atom is -0.493 e. The maximum absolute atomic E-state index is 13.5. The number of hydrogen-bond acceptors (Lipinski definition) is 8. The fourth-order valence-electron chi connectivity index (χ4n) is 4.72. The molecule has 0 saturated carbocycles. The second-order valence-electron chi connectivity index (χ2n) is 9.05. The van der Waals surface area contributed by atoms with Gasteiger partial charge in [-0.1, -0.05) is 18.2 Å². The summed E-state index contributed by atoms with van der Waals surface area (Å²) in [5, 5.41) is 0. The van der Waals surface area contributed by atoms with Crippen molar-refractivity contribution in [1.29, 1.82) is 0 Å². The molecule has 0 amide bonds. The van der Waals surface area contributed by atoms with E-state index in [1.54, 1.807) is 14.2 Å². The Balaban J connectivity index is 1.44. The Morgan fingerprint density at radius 2 is 1.36 bits per heavy atom. The molecule has 10 heteroatoms. The van der Waals surface area contributed by atoms with Gasteiger partial charge < -0.3 is 23.7 Å². The molecule has 3 aromatic rings. The SMILES string of the molecule is COc1ccc(-c2ccc(OC3CCN(S(=O)(=O)c4ccc(OC)c(OC)c4C(C)=O)CC3)cc2)cc1OC. The Kier molecular flexibility index (Phi) is 8.66. The van der Waals surface area contributed by atoms with E-state index in [1.807, 2.05) is 42.5 Å². The van der Waals surface area contributed by atoms with Gasteiger partial charge in [0.05, 0.1) is 38.9 Å². The molecule has 9 nitrogen and oxygen atoms in total. The van der Waals surface area contributed by atoms with Crippen LogP contribution in [-0.4, -0.2) is 66.1 Å². The summed E-state index contributed by atoms with van der Waals surface area (Å²) in [6.07, 6.45) is 0.889. The van der Waals surface area contributed by atoms with Gasteiger partial charge in [-0.05, 0) is 67.3 Å². The number of ether oxygens (including phenoxy) is 5. The molecule has 1 aliphatic heterocycles. The quantitative estimate of drug-likeness (QED) is 0.328. The van der Waals surface area contributed by atoms with Crippen LogP contribution in [0.1, 0.15) is 30.1 Å². The molecule has 0 radical (unpaired) electrons. The van der Waals surface area contributed by atoms with Crippen LogP contribution in [-0.2, 0) is 10.0 Å². The second-order valence-corrected chi connectivity index (χ2v) is 11.0. The fourth-order valence-corrected chi connectivity index (χ4v) is 6.42. The van der Waals surface area contributed by atoms with Gasteiger partial charge in [-0.25, -0.2) is 8.42 Å². The Morgan fingerprint density at radius 3 is 1.92 bits per heavy atom. The van der Waals surface area contributed by atoms with Crippen LogP contribution < -0.4 is 23.7 Å². The van der Waals surface area contributed by atoms with E-state index in [0.717, 1.165) is 11.1 Å². The molecule has 0 N–H and O–H groups in total. The third kappa shape index (κ3) is 5.81. The first-order chi connectivity index (χ1) is 18.7. The van der Waals surface area contributed by atoms with Gasteiger partial charge in [0.15, 0.2) is 28.8 Å². The highest BCUT2D eigenvalue weighted by atomic mass is 32.2. The average molecular weight is 556 g/mol. The van der Waals surface area contributed by atoms with Gasteiger partial charge in [-0.3, -0.25) is 4.79 Å². The van der Waals surface area contributed by atoms with Crippen molar-refractivity contribution >= 4 is 15.8 Å². The van der Waals surface area contributed by atoms with E-state index < -0.39 is 15.8 Å². The molecule has 0 aliphatic carbocycles. The van der Waals surface area contributed by atoms with E-state index in [4.69, 9.17) is 23.7 Å². The monoisotopic (exact) mass is 555 g/mol. The van der Waals surface area contributed by atoms with E-state index in [0.29, 0.717) is 35.8 Å². The lowest BCUT2D eigenvalue weighted by atomic mass is 10.0. The van der Waals surface area contributed by atoms with Crippen molar-refractivity contribution in [2.45, 2.75) is 30.8 Å². The van der Waals surface area contributed by atoms with Crippen LogP contribution in [0, 0.1) is 0 Å². The lowest BCUT2D eigenvalue weighted by Gasteiger charge is -2.32. The summed E-state index contributed by atoms with van der Waals surface area (Å²) in [6.45, 7) is 1.84. The number of ketones is 1. The summed E-state index contributed by atoms with van der Waals surface area (Å²) in [5.74, 6) is 2.02. The summed E-state index contributed by atoms with van der Waals surface area (Å²) in [6, 6.07) is 16.4. The van der Waals surface area contributed by atoms with Crippen molar-refractivity contribution in [3.05, 3.63) is 60.2 Å². The highest BCUT2D eigenvalue weighted by molar-refractivity contribution is 7.89. The summed E-state index contributed by atoms with van der Waals surface area (Å²) >= 11 is 0. The molecule has 0 atom stereocenters. The fraction of sp³-hybridized carbons (Fsp3) is 0.345. The summed E-state index contributed by atoms with van der Waals surface area (Å²) in [4.78, 5) is 12.3. The number of hydrogen-bond donors (Lipinski definition) is 0. The standard InChI is InChI=1S/C29H33NO8S/c1-19(31)28-27(13-12-25(35-3)29(28)37-5)39(32,33)30-16-14-23(15-17-30)38-22-9-6-20(7-10-22)21-8-11-24(34-2)26(18-21)36-4/h6-13,18,23H,14-17H2,1-5H3. The molecular weight excluding hydrogens is 522 g/mol. The van der Waals surface area contributed by atoms with Crippen molar-refractivity contribution < 1.29 is 36.9 Å². The number of carbonyl (C=O) groups is 1. The predicted octanol–water partition coefficient (Wildman–Crippen LogP) is 4.82. The summed E-state index contributed by atoms with van der Waals surface area (Å²) in [5.41, 5.74) is 1.98. The number of sulfonamides is 1. The van der Waals surface area contributed by atoms with Gasteiger partial charge in [0.25, 0.3) is 0 Å². The van der Waals surface area contributed by atoms with E-state index in [2.05, 4.69) is 0 Å². The zero-order valence-electron chi connectivity index (χ0n) is 22.7. The molecule has 1 aliphatic rings. The lowest BCUT2D eigenvalue weighted by molar-refractivity contribution is 0.101. The molecule has 3 aromatic carbocycles. The van der Waals surface area contributed by atoms with Crippen LogP contribution >= 0.6 is 0 Å². The van der Waals surface area contributed by atoms with Crippen molar-refractivity contribution in [1.82, 2.24) is 4.31 Å². The molecule has 1 saturated heterocycles. The summed E-state index contributed by atoms with van der Waals surface area (Å²) < 4.78 is 55.9. The Morgan fingerprint density at radius 1 is 0.769 bits per heavy atom. The van der Waals surface area contributed by atoms with Gasteiger partial charge in [-0.2, -0.15) is 4.31 Å². The Bertz CT molecular complexity index is 1430. The van der Waals surface area contributed by atoms with Gasteiger partial charge in [-0.15, -0.1) is 0 Å². The first-order valence-electron chi connectivity index (χ1n) is 12.5. The molecule has 0 bridgehead atoms. The number of carbonyl (C=O) groups excluding carboxylic acids is 1. The molecular formula is C29H33NO8S. The van der Waals surface area contributed by atoms with Crippen LogP contribution in [0.2, 0.25) is 0 Å². The molecule has 208 valence electrons. The third-order valence-corrected chi connectivity index (χ3v) is 8.69. The number of methoxy groups -OCH3 is 4. The molecule has 1 heterocycles. The maximum Gasteiger partial charge on any atom is 0.243 e. The Labute approximate surface area is 229 Å². The molecule has 1 fully saturated rings. The number of nitrogens with zero attached hydrogens (tertiary/aromatic N) is 1. The van der Waals surface area contributed by atoms with Crippen LogP contribution in [0.5, 0.6) is 28.7 Å². The smallest absolute Gasteiger partial charge is 0.243 e. The number of benzene rings is 3. The van der Waals surface area contributed by atoms with Crippen LogP contribution in [0.3, 0.4) is 0 Å². The van der Waals surface area contributed by atoms with Crippen LogP contribution in [0.15, 0.2) is 59.5 Å². The van der Waals surface area contributed by atoms with E-state index in [1.165, 1.54) is 37.6 Å². The minimum absolute atomic E-state index is 0.00945. The molecule has 0 spiro atoms. The first kappa shape index (κ1) is 28.3. The molecule has 4 rings (SSSR count). The number of piperidine rings is 1. The topological polar surface area (TPSA) is 101 Å². The number of rotatable bonds is 10. The largest absolute Gasteiger partial charge is 0.493 e. The zero-order valence-corrected chi connectivity index (χ0v) is 23.5. The first-order valence-corrected chi connectivity index (χ1v) is 13.9. The summed E-state index contributed by atoms with van der Waals surface area (Å²) in [7, 11) is 2.08. The van der Waals surface area contributed by atoms with Crippen molar-refractivity contribution in [3.8, 4) is 39.9 Å². The zero-order chi connectivity index (χ0) is 28.2. The van der Waals surface area contributed by atoms with Gasteiger partial charge in [0, 0.05) is 13.1 Å².